The van der Waals surface area contributed by atoms with Crippen LogP contribution in [0.2, 0.25) is 5.02 Å². The van der Waals surface area contributed by atoms with E-state index >= 15 is 0 Å². The molecular formula is C9H11ClFNO3S. The predicted molar refractivity (Wildman–Crippen MR) is 58.3 cm³/mol. The van der Waals surface area contributed by atoms with E-state index in [4.69, 9.17) is 16.7 Å². The summed E-state index contributed by atoms with van der Waals surface area (Å²) in [7, 11) is -3.87. The van der Waals surface area contributed by atoms with Gasteiger partial charge in [0.2, 0.25) is 10.0 Å². The van der Waals surface area contributed by atoms with Crippen molar-refractivity contribution >= 4 is 21.6 Å². The highest BCUT2D eigenvalue weighted by Gasteiger charge is 2.18. The van der Waals surface area contributed by atoms with Crippen LogP contribution in [0, 0.1) is 5.82 Å². The van der Waals surface area contributed by atoms with Crippen LogP contribution < -0.4 is 4.72 Å². The number of halogens is 2. The normalized spacial score (nSPS) is 11.7. The van der Waals surface area contributed by atoms with E-state index in [2.05, 4.69) is 4.72 Å². The fourth-order valence-electron chi connectivity index (χ4n) is 1.06. The van der Waals surface area contributed by atoms with Gasteiger partial charge in [-0.25, -0.2) is 17.5 Å². The monoisotopic (exact) mass is 267 g/mol. The van der Waals surface area contributed by atoms with E-state index in [1.54, 1.807) is 0 Å². The first kappa shape index (κ1) is 13.4. The maximum Gasteiger partial charge on any atom is 0.243 e. The predicted octanol–water partition coefficient (Wildman–Crippen LogP) is 1.14. The molecule has 2 N–H and O–H groups in total. The third kappa shape index (κ3) is 3.41. The molecule has 0 aliphatic heterocycles. The van der Waals surface area contributed by atoms with Gasteiger partial charge in [-0.3, -0.25) is 0 Å². The van der Waals surface area contributed by atoms with Gasteiger partial charge in [0.15, 0.2) is 0 Å². The average Bonchev–Trinajstić information content (AvgIpc) is 2.17. The van der Waals surface area contributed by atoms with Crippen LogP contribution in [0.25, 0.3) is 0 Å². The summed E-state index contributed by atoms with van der Waals surface area (Å²) in [5.74, 6) is -0.899. The molecule has 16 heavy (non-hydrogen) atoms. The molecule has 0 radical (unpaired) electrons. The number of aliphatic hydroxyl groups is 1. The molecule has 0 bridgehead atoms. The van der Waals surface area contributed by atoms with E-state index in [1.165, 1.54) is 6.07 Å². The second-order valence-electron chi connectivity index (χ2n) is 3.05. The summed E-state index contributed by atoms with van der Waals surface area (Å²) >= 11 is 5.51. The molecule has 1 aromatic rings. The third-order valence-corrected chi connectivity index (χ3v) is 3.54. The first-order valence-corrected chi connectivity index (χ1v) is 6.39. The molecule has 0 aliphatic rings. The van der Waals surface area contributed by atoms with E-state index in [0.29, 0.717) is 0 Å². The van der Waals surface area contributed by atoms with Crippen molar-refractivity contribution in [1.29, 1.82) is 0 Å². The minimum atomic E-state index is -3.87. The molecule has 0 amide bonds. The van der Waals surface area contributed by atoms with E-state index in [9.17, 15) is 12.8 Å². The van der Waals surface area contributed by atoms with Gasteiger partial charge >= 0.3 is 0 Å². The van der Waals surface area contributed by atoms with Crippen molar-refractivity contribution in [2.75, 3.05) is 13.2 Å². The molecule has 0 heterocycles. The summed E-state index contributed by atoms with van der Waals surface area (Å²) < 4.78 is 38.6. The molecule has 0 saturated heterocycles. The highest BCUT2D eigenvalue weighted by molar-refractivity contribution is 7.89. The Balaban J connectivity index is 2.90. The zero-order valence-electron chi connectivity index (χ0n) is 8.28. The molecule has 1 rings (SSSR count). The first-order chi connectivity index (χ1) is 7.47. The summed E-state index contributed by atoms with van der Waals surface area (Å²) in [6.45, 7) is -0.0769. The molecule has 7 heteroatoms. The van der Waals surface area contributed by atoms with Crippen molar-refractivity contribution in [1.82, 2.24) is 4.72 Å². The van der Waals surface area contributed by atoms with E-state index in [0.717, 1.165) is 12.1 Å². The topological polar surface area (TPSA) is 66.4 Å². The summed E-state index contributed by atoms with van der Waals surface area (Å²) in [6.07, 6.45) is 0.272. The lowest BCUT2D eigenvalue weighted by Crippen LogP contribution is -2.26. The lowest BCUT2D eigenvalue weighted by molar-refractivity contribution is 0.289. The van der Waals surface area contributed by atoms with Gasteiger partial charge in [0.05, 0.1) is 0 Å². The maximum atomic E-state index is 13.3. The largest absolute Gasteiger partial charge is 0.396 e. The van der Waals surface area contributed by atoms with Crippen LogP contribution in [0.15, 0.2) is 23.1 Å². The Bertz CT molecular complexity index is 464. The minimum Gasteiger partial charge on any atom is -0.396 e. The quantitative estimate of drug-likeness (QED) is 0.786. The van der Waals surface area contributed by atoms with Crippen molar-refractivity contribution in [3.8, 4) is 0 Å². The van der Waals surface area contributed by atoms with Crippen LogP contribution in [0.3, 0.4) is 0 Å². The van der Waals surface area contributed by atoms with Crippen LogP contribution in [0.1, 0.15) is 6.42 Å². The molecule has 0 unspecified atom stereocenters. The Morgan fingerprint density at radius 1 is 1.44 bits per heavy atom. The molecular weight excluding hydrogens is 257 g/mol. The molecule has 0 saturated carbocycles. The molecule has 1 aromatic carbocycles. The number of benzene rings is 1. The van der Waals surface area contributed by atoms with Gasteiger partial charge in [0, 0.05) is 18.2 Å². The summed E-state index contributed by atoms with van der Waals surface area (Å²) in [5, 5.41) is 8.63. The second kappa shape index (κ2) is 5.58. The van der Waals surface area contributed by atoms with Crippen molar-refractivity contribution in [3.63, 3.8) is 0 Å². The average molecular weight is 268 g/mol. The molecule has 90 valence electrons. The maximum absolute atomic E-state index is 13.3. The molecule has 0 atom stereocenters. The first-order valence-electron chi connectivity index (χ1n) is 4.53. The van der Waals surface area contributed by atoms with E-state index in [-0.39, 0.29) is 24.6 Å². The molecule has 0 spiro atoms. The number of sulfonamides is 1. The van der Waals surface area contributed by atoms with Gasteiger partial charge in [-0.05, 0) is 24.6 Å². The standard InChI is InChI=1S/C9H11ClFNO3S/c10-7-2-3-9(8(11)6-7)16(14,15)12-4-1-5-13/h2-3,6,12-13H,1,4-5H2. The molecule has 0 aromatic heterocycles. The second-order valence-corrected chi connectivity index (χ2v) is 5.22. The number of aliphatic hydroxyl groups excluding tert-OH is 1. The van der Waals surface area contributed by atoms with Gasteiger partial charge in [-0.1, -0.05) is 11.6 Å². The Hall–Kier alpha value is -0.690. The van der Waals surface area contributed by atoms with Gasteiger partial charge in [-0.2, -0.15) is 0 Å². The Morgan fingerprint density at radius 2 is 2.12 bits per heavy atom. The van der Waals surface area contributed by atoms with Crippen molar-refractivity contribution in [2.24, 2.45) is 0 Å². The van der Waals surface area contributed by atoms with Gasteiger partial charge < -0.3 is 5.11 Å². The van der Waals surface area contributed by atoms with Gasteiger partial charge in [0.25, 0.3) is 0 Å². The smallest absolute Gasteiger partial charge is 0.243 e. The summed E-state index contributed by atoms with van der Waals surface area (Å²) in [5.41, 5.74) is 0. The highest BCUT2D eigenvalue weighted by Crippen LogP contribution is 2.18. The fraction of sp³-hybridized carbons (Fsp3) is 0.333. The Labute approximate surface area is 98.1 Å². The van der Waals surface area contributed by atoms with Crippen molar-refractivity contribution < 1.29 is 17.9 Å². The highest BCUT2D eigenvalue weighted by atomic mass is 35.5. The van der Waals surface area contributed by atoms with Crippen LogP contribution in [0.5, 0.6) is 0 Å². The fourth-order valence-corrected chi connectivity index (χ4v) is 2.35. The van der Waals surface area contributed by atoms with Crippen molar-refractivity contribution in [3.05, 3.63) is 29.0 Å². The Kier molecular flexibility index (Phi) is 4.67. The number of nitrogens with one attached hydrogen (secondary N) is 1. The summed E-state index contributed by atoms with van der Waals surface area (Å²) in [4.78, 5) is -0.449. The number of rotatable bonds is 5. The van der Waals surface area contributed by atoms with E-state index in [1.807, 2.05) is 0 Å². The molecule has 0 aliphatic carbocycles. The zero-order chi connectivity index (χ0) is 12.2. The number of hydrogen-bond acceptors (Lipinski definition) is 3. The lowest BCUT2D eigenvalue weighted by atomic mass is 10.3. The van der Waals surface area contributed by atoms with Crippen LogP contribution >= 0.6 is 11.6 Å². The van der Waals surface area contributed by atoms with Gasteiger partial charge in [-0.15, -0.1) is 0 Å². The number of hydrogen-bond donors (Lipinski definition) is 2. The SMILES string of the molecule is O=S(=O)(NCCCO)c1ccc(Cl)cc1F. The summed E-state index contributed by atoms with van der Waals surface area (Å²) in [6, 6.07) is 3.33. The third-order valence-electron chi connectivity index (χ3n) is 1.81. The van der Waals surface area contributed by atoms with E-state index < -0.39 is 20.7 Å². The lowest BCUT2D eigenvalue weighted by Gasteiger charge is -2.06. The minimum absolute atomic E-state index is 0.0564. The molecule has 4 nitrogen and oxygen atoms in total. The van der Waals surface area contributed by atoms with Crippen LogP contribution in [-0.4, -0.2) is 26.7 Å². The van der Waals surface area contributed by atoms with Gasteiger partial charge in [0.1, 0.15) is 10.7 Å². The van der Waals surface area contributed by atoms with Crippen LogP contribution in [-0.2, 0) is 10.0 Å². The zero-order valence-corrected chi connectivity index (χ0v) is 9.85. The van der Waals surface area contributed by atoms with Crippen LogP contribution in [0.4, 0.5) is 4.39 Å². The van der Waals surface area contributed by atoms with Crippen molar-refractivity contribution in [2.45, 2.75) is 11.3 Å². The Morgan fingerprint density at radius 3 is 2.69 bits per heavy atom. The molecule has 0 fully saturated rings.